The van der Waals surface area contributed by atoms with Crippen molar-refractivity contribution >= 4 is 61.7 Å². The minimum atomic E-state index is -4.84. The lowest BCUT2D eigenvalue weighted by molar-refractivity contribution is 0.133. The summed E-state index contributed by atoms with van der Waals surface area (Å²) >= 11 is 3.69. The zero-order valence-corrected chi connectivity index (χ0v) is 43.0. The van der Waals surface area contributed by atoms with E-state index < -0.39 is 10.1 Å². The van der Waals surface area contributed by atoms with Crippen LogP contribution in [0, 0.1) is 27.7 Å². The van der Waals surface area contributed by atoms with Crippen LogP contribution in [-0.4, -0.2) is 64.0 Å². The second kappa shape index (κ2) is 24.4. The predicted molar refractivity (Wildman–Crippen MR) is 289 cm³/mol. The molecule has 1 aliphatic heterocycles. The Balaban J connectivity index is 1.15. The fraction of sp³-hybridized carbons (Fsp3) is 0.271. The molecular formula is C59H62N2O6S3. The predicted octanol–water partition coefficient (Wildman–Crippen LogP) is 13.8. The van der Waals surface area contributed by atoms with Crippen molar-refractivity contribution in [1.29, 1.82) is 0 Å². The maximum absolute atomic E-state index is 12.9. The van der Waals surface area contributed by atoms with Gasteiger partial charge in [-0.15, -0.1) is 23.5 Å². The number of para-hydroxylation sites is 2. The van der Waals surface area contributed by atoms with Crippen LogP contribution in [0.15, 0.2) is 177 Å². The van der Waals surface area contributed by atoms with Gasteiger partial charge in [-0.05, 0) is 107 Å². The number of ether oxygens (including phenoxy) is 2. The summed E-state index contributed by atoms with van der Waals surface area (Å²) in [5, 5.41) is 1.62. The molecule has 70 heavy (non-hydrogen) atoms. The number of hydrogen-bond donors (Lipinski definition) is 0. The fourth-order valence-electron chi connectivity index (χ4n) is 9.18. The molecule has 11 heteroatoms. The molecule has 8 nitrogen and oxygen atoms in total. The van der Waals surface area contributed by atoms with Gasteiger partial charge in [0.2, 0.25) is 11.0 Å². The number of hydrogen-bond acceptors (Lipinski definition) is 9. The number of fused-ring (bicyclic) bond motifs is 2. The molecule has 362 valence electrons. The maximum atomic E-state index is 12.9. The van der Waals surface area contributed by atoms with Crippen LogP contribution in [0.3, 0.4) is 0 Å². The minimum Gasteiger partial charge on any atom is -0.744 e. The Morgan fingerprint density at radius 3 is 1.79 bits per heavy atom. The van der Waals surface area contributed by atoms with Gasteiger partial charge in [-0.1, -0.05) is 91.0 Å². The summed E-state index contributed by atoms with van der Waals surface area (Å²) in [6.07, 6.45) is 3.52. The summed E-state index contributed by atoms with van der Waals surface area (Å²) in [6.45, 7) is 12.5. The van der Waals surface area contributed by atoms with E-state index >= 15 is 0 Å². The summed E-state index contributed by atoms with van der Waals surface area (Å²) in [5.41, 5.74) is 9.97. The summed E-state index contributed by atoms with van der Waals surface area (Å²) < 4.78 is 60.5. The van der Waals surface area contributed by atoms with Crippen LogP contribution in [0.5, 0.6) is 0 Å². The summed E-state index contributed by atoms with van der Waals surface area (Å²) in [4.78, 5) is 4.59. The summed E-state index contributed by atoms with van der Waals surface area (Å²) in [5.74, 6) is 2.56. The van der Waals surface area contributed by atoms with E-state index in [4.69, 9.17) is 13.9 Å². The van der Waals surface area contributed by atoms with E-state index in [2.05, 4.69) is 134 Å². The average molecular weight is 991 g/mol. The van der Waals surface area contributed by atoms with E-state index in [0.29, 0.717) is 72.9 Å². The van der Waals surface area contributed by atoms with E-state index in [9.17, 15) is 13.0 Å². The van der Waals surface area contributed by atoms with Gasteiger partial charge in [-0.3, -0.25) is 0 Å². The second-order valence-electron chi connectivity index (χ2n) is 17.5. The van der Waals surface area contributed by atoms with Gasteiger partial charge in [-0.25, -0.2) is 8.42 Å². The topological polar surface area (TPSA) is 95.1 Å². The summed E-state index contributed by atoms with van der Waals surface area (Å²) in [7, 11) is -4.84. The van der Waals surface area contributed by atoms with Gasteiger partial charge in [0.15, 0.2) is 6.54 Å². The van der Waals surface area contributed by atoms with Gasteiger partial charge in [0.1, 0.15) is 21.5 Å². The highest BCUT2D eigenvalue weighted by Crippen LogP contribution is 2.44. The third-order valence-corrected chi connectivity index (χ3v) is 15.5. The molecule has 0 unspecified atom stereocenters. The highest BCUT2D eigenvalue weighted by atomic mass is 32.2. The maximum Gasteiger partial charge on any atom is 0.211 e. The Kier molecular flexibility index (Phi) is 17.7. The minimum absolute atomic E-state index is 0.274. The number of anilines is 2. The van der Waals surface area contributed by atoms with E-state index in [-0.39, 0.29) is 4.90 Å². The molecule has 2 aliphatic rings. The van der Waals surface area contributed by atoms with Gasteiger partial charge >= 0.3 is 0 Å². The highest BCUT2D eigenvalue weighted by Gasteiger charge is 2.25. The van der Waals surface area contributed by atoms with Crippen molar-refractivity contribution in [2.45, 2.75) is 68.1 Å². The van der Waals surface area contributed by atoms with Gasteiger partial charge < -0.3 is 23.3 Å². The lowest BCUT2D eigenvalue weighted by Gasteiger charge is -2.29. The first kappa shape index (κ1) is 50.7. The molecule has 1 aliphatic carbocycles. The van der Waals surface area contributed by atoms with Crippen molar-refractivity contribution in [2.75, 3.05) is 55.9 Å². The molecule has 0 amide bonds. The molecule has 0 atom stereocenters. The summed E-state index contributed by atoms with van der Waals surface area (Å²) in [6, 6.07) is 52.3. The van der Waals surface area contributed by atoms with E-state index in [1.165, 1.54) is 15.9 Å². The lowest BCUT2D eigenvalue weighted by atomic mass is 9.93. The van der Waals surface area contributed by atoms with E-state index in [1.54, 1.807) is 18.2 Å². The van der Waals surface area contributed by atoms with Crippen LogP contribution in [0.25, 0.3) is 33.4 Å². The average Bonchev–Trinajstić information content (AvgIpc) is 3.36. The SMILES string of the molecule is Cc1cccc(C)c1N(CCCOCCCSc1ccccc1)c1ccc2c(-c3ccccc3S(=O)(=O)[O-])c3ccc(=[N+](CCCOCCCSc4ccccc4)c4c(C)cccc4C)cc-3oc2c1. The van der Waals surface area contributed by atoms with E-state index in [0.717, 1.165) is 81.9 Å². The third-order valence-electron chi connectivity index (χ3n) is 12.4. The molecule has 0 bridgehead atoms. The molecule has 0 aromatic heterocycles. The van der Waals surface area contributed by atoms with Crippen molar-refractivity contribution < 1.29 is 26.9 Å². The van der Waals surface area contributed by atoms with Gasteiger partial charge in [0.25, 0.3) is 0 Å². The first-order chi connectivity index (χ1) is 34.1. The van der Waals surface area contributed by atoms with Crippen LogP contribution < -0.4 is 14.8 Å². The fourth-order valence-corrected chi connectivity index (χ4v) is 11.6. The third kappa shape index (κ3) is 12.8. The smallest absolute Gasteiger partial charge is 0.211 e. The van der Waals surface area contributed by atoms with Crippen LogP contribution in [0.4, 0.5) is 17.1 Å². The molecule has 0 fully saturated rings. The molecule has 6 aromatic rings. The zero-order chi connectivity index (χ0) is 48.9. The molecular weight excluding hydrogens is 929 g/mol. The van der Waals surface area contributed by atoms with Gasteiger partial charge in [-0.2, -0.15) is 4.58 Å². The van der Waals surface area contributed by atoms with Crippen molar-refractivity contribution in [1.82, 2.24) is 4.58 Å². The second-order valence-corrected chi connectivity index (χ2v) is 21.2. The number of benzene rings is 7. The monoisotopic (exact) mass is 990 g/mol. The van der Waals surface area contributed by atoms with Crippen LogP contribution in [0.2, 0.25) is 0 Å². The van der Waals surface area contributed by atoms with Crippen molar-refractivity contribution in [3.63, 3.8) is 0 Å². The number of nitrogens with zero attached hydrogens (tertiary/aromatic N) is 2. The van der Waals surface area contributed by atoms with E-state index in [1.807, 2.05) is 59.9 Å². The first-order valence-electron chi connectivity index (χ1n) is 24.1. The quantitative estimate of drug-likeness (QED) is 0.0204. The Labute approximate surface area is 422 Å². The van der Waals surface area contributed by atoms with Crippen LogP contribution >= 0.6 is 23.5 Å². The Bertz CT molecular complexity index is 3120. The number of thioether (sulfide) groups is 2. The van der Waals surface area contributed by atoms with Crippen LogP contribution in [-0.2, 0) is 19.6 Å². The van der Waals surface area contributed by atoms with Gasteiger partial charge in [0.05, 0.1) is 17.6 Å². The van der Waals surface area contributed by atoms with Crippen molar-refractivity contribution in [3.05, 3.63) is 185 Å². The molecule has 1 heterocycles. The molecule has 0 spiro atoms. The van der Waals surface area contributed by atoms with Crippen molar-refractivity contribution in [3.8, 4) is 22.5 Å². The number of aryl methyl sites for hydroxylation is 4. The zero-order valence-electron chi connectivity index (χ0n) is 40.6. The Hall–Kier alpha value is -5.66. The van der Waals surface area contributed by atoms with Crippen molar-refractivity contribution in [2.24, 2.45) is 0 Å². The number of rotatable bonds is 23. The molecule has 6 aromatic carbocycles. The first-order valence-corrected chi connectivity index (χ1v) is 27.5. The molecule has 8 rings (SSSR count). The molecule has 0 radical (unpaired) electrons. The normalized spacial score (nSPS) is 12.2. The van der Waals surface area contributed by atoms with Crippen LogP contribution in [0.1, 0.15) is 47.9 Å². The molecule has 0 saturated carbocycles. The Morgan fingerprint density at radius 2 is 1.16 bits per heavy atom. The molecule has 0 N–H and O–H groups in total. The van der Waals surface area contributed by atoms with Gasteiger partial charge in [0, 0.05) is 111 Å². The molecule has 0 saturated heterocycles. The standard InChI is InChI=1S/C59H62N2O6S3/c1-43-19-13-20-44(2)58(43)60(33-15-35-65-37-17-39-68-49-23-7-5-8-24-49)47-29-31-51-54(41-47)67-55-42-48(30-32-52(55)57(51)53-27-11-12-28-56(53)70(62,63)64)61(59-45(3)21-14-22-46(59)4)34-16-36-66-38-18-40-69-50-25-9-6-10-26-50/h5-14,19-32,41-42H,15-18,33-40H2,1-4H3. The Morgan fingerprint density at radius 1 is 0.586 bits per heavy atom. The lowest BCUT2D eigenvalue weighted by Crippen LogP contribution is -2.28. The largest absolute Gasteiger partial charge is 0.744 e. The highest BCUT2D eigenvalue weighted by molar-refractivity contribution is 7.99.